The number of aromatic nitrogens is 1. The van der Waals surface area contributed by atoms with Crippen molar-refractivity contribution in [2.45, 2.75) is 26.9 Å². The number of Topliss-reactive ketones (excluding diaryl/α,β-unsaturated/α-hetero) is 1. The third-order valence-corrected chi connectivity index (χ3v) is 5.41. The summed E-state index contributed by atoms with van der Waals surface area (Å²) in [7, 11) is 1.48. The summed E-state index contributed by atoms with van der Waals surface area (Å²) in [4.78, 5) is 29.8. The van der Waals surface area contributed by atoms with Gasteiger partial charge in [-0.1, -0.05) is 53.3 Å². The summed E-state index contributed by atoms with van der Waals surface area (Å²) >= 11 is 7.44. The second-order valence-electron chi connectivity index (χ2n) is 6.73. The zero-order valence-corrected chi connectivity index (χ0v) is 18.6. The molecule has 0 fully saturated rings. The molecule has 0 radical (unpaired) electrons. The van der Waals surface area contributed by atoms with Crippen LogP contribution in [-0.2, 0) is 0 Å². The lowest BCUT2D eigenvalue weighted by Crippen LogP contribution is -2.13. The Bertz CT molecular complexity index is 1080. The molecule has 0 aliphatic heterocycles. The van der Waals surface area contributed by atoms with Gasteiger partial charge in [-0.05, 0) is 26.0 Å². The van der Waals surface area contributed by atoms with E-state index in [9.17, 15) is 9.59 Å². The van der Waals surface area contributed by atoms with E-state index in [-0.39, 0.29) is 22.5 Å². The van der Waals surface area contributed by atoms with Crippen molar-refractivity contribution in [1.82, 2.24) is 4.98 Å². The quantitative estimate of drug-likeness (QED) is 0.472. The number of halogens is 1. The van der Waals surface area contributed by atoms with Crippen LogP contribution < -0.4 is 14.8 Å². The van der Waals surface area contributed by atoms with Gasteiger partial charge >= 0.3 is 0 Å². The Labute approximate surface area is 183 Å². The number of carbonyl (C=O) groups excluding carboxylic acids is 2. The predicted octanol–water partition coefficient (Wildman–Crippen LogP) is 5.71. The summed E-state index contributed by atoms with van der Waals surface area (Å²) in [5, 5.41) is 3.33. The molecule has 0 aliphatic carbocycles. The first-order chi connectivity index (χ1) is 14.3. The fourth-order valence-corrected chi connectivity index (χ4v) is 3.91. The molecule has 30 heavy (non-hydrogen) atoms. The zero-order valence-electron chi connectivity index (χ0n) is 17.0. The van der Waals surface area contributed by atoms with Crippen LogP contribution in [0.4, 0.5) is 5.13 Å². The minimum Gasteiger partial charge on any atom is -0.493 e. The highest BCUT2D eigenvalue weighted by Crippen LogP contribution is 2.38. The van der Waals surface area contributed by atoms with Crippen LogP contribution in [-0.4, -0.2) is 29.9 Å². The molecule has 0 atom stereocenters. The SMILES string of the molecule is COc1cc(C(=O)Nc2nc(-c3ccccc3)c(C(C)=O)s2)cc(Cl)c1OC(C)C. The van der Waals surface area contributed by atoms with Crippen molar-refractivity contribution in [2.75, 3.05) is 12.4 Å². The van der Waals surface area contributed by atoms with Crippen molar-refractivity contribution in [1.29, 1.82) is 0 Å². The van der Waals surface area contributed by atoms with Crippen LogP contribution in [0.3, 0.4) is 0 Å². The van der Waals surface area contributed by atoms with Crippen molar-refractivity contribution in [3.8, 4) is 22.8 Å². The number of hydrogen-bond acceptors (Lipinski definition) is 6. The summed E-state index contributed by atoms with van der Waals surface area (Å²) in [6.07, 6.45) is -0.104. The van der Waals surface area contributed by atoms with Gasteiger partial charge in [0, 0.05) is 18.1 Å². The first kappa shape index (κ1) is 21.8. The third kappa shape index (κ3) is 4.80. The van der Waals surface area contributed by atoms with E-state index in [0.29, 0.717) is 27.2 Å². The number of benzene rings is 2. The minimum absolute atomic E-state index is 0.104. The molecule has 156 valence electrons. The van der Waals surface area contributed by atoms with Gasteiger partial charge in [-0.25, -0.2) is 4.98 Å². The molecule has 1 N–H and O–H groups in total. The lowest BCUT2D eigenvalue weighted by molar-refractivity contribution is 0.101. The van der Waals surface area contributed by atoms with Crippen molar-refractivity contribution < 1.29 is 19.1 Å². The van der Waals surface area contributed by atoms with E-state index in [2.05, 4.69) is 10.3 Å². The molecule has 2 aromatic carbocycles. The number of thiazole rings is 1. The molecule has 0 saturated carbocycles. The van der Waals surface area contributed by atoms with Gasteiger partial charge < -0.3 is 9.47 Å². The molecule has 0 bridgehead atoms. The van der Waals surface area contributed by atoms with E-state index in [4.69, 9.17) is 21.1 Å². The number of ether oxygens (including phenoxy) is 2. The summed E-state index contributed by atoms with van der Waals surface area (Å²) < 4.78 is 11.0. The summed E-state index contributed by atoms with van der Waals surface area (Å²) in [5.74, 6) is 0.196. The number of methoxy groups -OCH3 is 1. The number of nitrogens with zero attached hydrogens (tertiary/aromatic N) is 1. The number of carbonyl (C=O) groups is 2. The normalized spacial score (nSPS) is 10.7. The van der Waals surface area contributed by atoms with Gasteiger partial charge in [-0.15, -0.1) is 0 Å². The number of amides is 1. The largest absolute Gasteiger partial charge is 0.493 e. The Morgan fingerprint density at radius 2 is 1.87 bits per heavy atom. The highest BCUT2D eigenvalue weighted by atomic mass is 35.5. The molecule has 3 rings (SSSR count). The maximum Gasteiger partial charge on any atom is 0.257 e. The van der Waals surface area contributed by atoms with E-state index in [0.717, 1.165) is 16.9 Å². The smallest absolute Gasteiger partial charge is 0.257 e. The number of nitrogens with one attached hydrogen (secondary N) is 1. The van der Waals surface area contributed by atoms with Crippen LogP contribution in [0.2, 0.25) is 5.02 Å². The molecule has 1 amide bonds. The summed E-state index contributed by atoms with van der Waals surface area (Å²) in [5.41, 5.74) is 1.63. The summed E-state index contributed by atoms with van der Waals surface area (Å²) in [6.45, 7) is 5.22. The molecule has 6 nitrogen and oxygen atoms in total. The molecule has 1 aromatic heterocycles. The highest BCUT2D eigenvalue weighted by Gasteiger charge is 2.20. The van der Waals surface area contributed by atoms with Crippen molar-refractivity contribution in [3.63, 3.8) is 0 Å². The van der Waals surface area contributed by atoms with Crippen molar-refractivity contribution in [2.24, 2.45) is 0 Å². The van der Waals surface area contributed by atoms with E-state index in [1.165, 1.54) is 20.1 Å². The van der Waals surface area contributed by atoms with Gasteiger partial charge in [0.2, 0.25) is 0 Å². The molecular weight excluding hydrogens is 424 g/mol. The first-order valence-electron chi connectivity index (χ1n) is 9.22. The monoisotopic (exact) mass is 444 g/mol. The van der Waals surface area contributed by atoms with Gasteiger partial charge in [-0.2, -0.15) is 0 Å². The van der Waals surface area contributed by atoms with Crippen molar-refractivity contribution >= 4 is 39.8 Å². The van der Waals surface area contributed by atoms with E-state index < -0.39 is 5.91 Å². The van der Waals surface area contributed by atoms with Gasteiger partial charge in [0.05, 0.1) is 28.8 Å². The van der Waals surface area contributed by atoms with Gasteiger partial charge in [-0.3, -0.25) is 14.9 Å². The van der Waals surface area contributed by atoms with Crippen LogP contribution in [0.25, 0.3) is 11.3 Å². The average Bonchev–Trinajstić information content (AvgIpc) is 3.13. The van der Waals surface area contributed by atoms with Crippen LogP contribution in [0.5, 0.6) is 11.5 Å². The molecule has 0 unspecified atom stereocenters. The maximum atomic E-state index is 12.8. The molecule has 0 saturated heterocycles. The topological polar surface area (TPSA) is 77.5 Å². The molecular formula is C22H21ClN2O4S. The second kappa shape index (κ2) is 9.28. The maximum absolute atomic E-state index is 12.8. The predicted molar refractivity (Wildman–Crippen MR) is 119 cm³/mol. The van der Waals surface area contributed by atoms with Crippen LogP contribution in [0.15, 0.2) is 42.5 Å². The van der Waals surface area contributed by atoms with Gasteiger partial charge in [0.25, 0.3) is 5.91 Å². The number of anilines is 1. The van der Waals surface area contributed by atoms with Crippen LogP contribution in [0.1, 0.15) is 40.8 Å². The first-order valence-corrected chi connectivity index (χ1v) is 10.4. The second-order valence-corrected chi connectivity index (χ2v) is 8.14. The fourth-order valence-electron chi connectivity index (χ4n) is 2.77. The van der Waals surface area contributed by atoms with Gasteiger partial charge in [0.1, 0.15) is 0 Å². The van der Waals surface area contributed by atoms with Crippen molar-refractivity contribution in [3.05, 3.63) is 57.9 Å². The lowest BCUT2D eigenvalue weighted by Gasteiger charge is -2.16. The molecule has 0 spiro atoms. The van der Waals surface area contributed by atoms with Crippen LogP contribution in [0, 0.1) is 0 Å². The highest BCUT2D eigenvalue weighted by molar-refractivity contribution is 7.18. The molecule has 8 heteroatoms. The Morgan fingerprint density at radius 3 is 2.47 bits per heavy atom. The third-order valence-electron chi connectivity index (χ3n) is 4.06. The Kier molecular flexibility index (Phi) is 6.74. The minimum atomic E-state index is -0.422. The number of hydrogen-bond donors (Lipinski definition) is 1. The van der Waals surface area contributed by atoms with E-state index in [1.807, 2.05) is 44.2 Å². The standard InChI is InChI=1S/C22H21ClN2O4S/c1-12(2)29-19-16(23)10-15(11-17(19)28-4)21(27)25-22-24-18(20(30-22)13(3)26)14-8-6-5-7-9-14/h5-12H,1-4H3,(H,24,25,27). The Morgan fingerprint density at radius 1 is 1.17 bits per heavy atom. The molecule has 0 aliphatic rings. The Hall–Kier alpha value is -2.90. The van der Waals surface area contributed by atoms with Gasteiger partial charge in [0.15, 0.2) is 22.4 Å². The zero-order chi connectivity index (χ0) is 21.8. The van der Waals surface area contributed by atoms with E-state index in [1.54, 1.807) is 6.07 Å². The fraction of sp³-hybridized carbons (Fsp3) is 0.227. The van der Waals surface area contributed by atoms with E-state index >= 15 is 0 Å². The summed E-state index contributed by atoms with van der Waals surface area (Å²) in [6, 6.07) is 12.4. The number of ketones is 1. The number of rotatable bonds is 7. The van der Waals surface area contributed by atoms with Crippen LogP contribution >= 0.6 is 22.9 Å². The Balaban J connectivity index is 1.91. The molecule has 3 aromatic rings. The average molecular weight is 445 g/mol. The molecule has 1 heterocycles. The lowest BCUT2D eigenvalue weighted by atomic mass is 10.1.